The molecule has 0 amide bonds. The van der Waals surface area contributed by atoms with E-state index in [1.165, 1.54) is 0 Å². The SMILES string of the molecule is Brc1cnc(Br)c2ncccc12. The van der Waals surface area contributed by atoms with Gasteiger partial charge in [0.05, 0.1) is 0 Å². The van der Waals surface area contributed by atoms with Crippen LogP contribution >= 0.6 is 31.9 Å². The third kappa shape index (κ3) is 1.25. The highest BCUT2D eigenvalue weighted by Gasteiger charge is 2.02. The second kappa shape index (κ2) is 3.11. The molecule has 12 heavy (non-hydrogen) atoms. The molecule has 0 aliphatic rings. The summed E-state index contributed by atoms with van der Waals surface area (Å²) in [5.41, 5.74) is 0.881. The van der Waals surface area contributed by atoms with E-state index in [4.69, 9.17) is 0 Å². The molecular weight excluding hydrogens is 284 g/mol. The van der Waals surface area contributed by atoms with Gasteiger partial charge in [-0.15, -0.1) is 0 Å². The van der Waals surface area contributed by atoms with Crippen molar-refractivity contribution in [2.75, 3.05) is 0 Å². The number of fused-ring (bicyclic) bond motifs is 1. The van der Waals surface area contributed by atoms with Crippen LogP contribution in [0.25, 0.3) is 10.9 Å². The van der Waals surface area contributed by atoms with Crippen molar-refractivity contribution in [2.45, 2.75) is 0 Å². The lowest BCUT2D eigenvalue weighted by molar-refractivity contribution is 1.26. The van der Waals surface area contributed by atoms with Crippen LogP contribution in [0.5, 0.6) is 0 Å². The predicted molar refractivity (Wildman–Crippen MR) is 54.9 cm³/mol. The zero-order chi connectivity index (χ0) is 8.55. The summed E-state index contributed by atoms with van der Waals surface area (Å²) in [7, 11) is 0. The van der Waals surface area contributed by atoms with E-state index in [1.54, 1.807) is 12.4 Å². The fourth-order valence-corrected chi connectivity index (χ4v) is 1.85. The summed E-state index contributed by atoms with van der Waals surface area (Å²) in [6.45, 7) is 0. The third-order valence-corrected chi connectivity index (χ3v) is 2.76. The molecule has 2 aromatic rings. The summed E-state index contributed by atoms with van der Waals surface area (Å²) in [5.74, 6) is 0. The van der Waals surface area contributed by atoms with Crippen LogP contribution in [0.4, 0.5) is 0 Å². The minimum atomic E-state index is 0.779. The van der Waals surface area contributed by atoms with Gasteiger partial charge in [-0.1, -0.05) is 0 Å². The monoisotopic (exact) mass is 286 g/mol. The molecule has 0 saturated heterocycles. The molecule has 2 rings (SSSR count). The Morgan fingerprint density at radius 1 is 1.17 bits per heavy atom. The Balaban J connectivity index is 2.95. The van der Waals surface area contributed by atoms with Gasteiger partial charge >= 0.3 is 0 Å². The van der Waals surface area contributed by atoms with E-state index in [0.29, 0.717) is 0 Å². The second-order valence-corrected chi connectivity index (χ2v) is 3.90. The van der Waals surface area contributed by atoms with Gasteiger partial charge in [0, 0.05) is 22.3 Å². The highest BCUT2D eigenvalue weighted by Crippen LogP contribution is 2.25. The van der Waals surface area contributed by atoms with Crippen molar-refractivity contribution in [3.8, 4) is 0 Å². The number of pyridine rings is 2. The Morgan fingerprint density at radius 3 is 2.75 bits per heavy atom. The molecule has 60 valence electrons. The molecule has 0 aliphatic carbocycles. The van der Waals surface area contributed by atoms with E-state index in [1.807, 2.05) is 12.1 Å². The Labute approximate surface area is 86.3 Å². The lowest BCUT2D eigenvalue weighted by Crippen LogP contribution is -1.83. The lowest BCUT2D eigenvalue weighted by atomic mass is 10.3. The van der Waals surface area contributed by atoms with E-state index in [0.717, 1.165) is 20.0 Å². The van der Waals surface area contributed by atoms with E-state index in [9.17, 15) is 0 Å². The van der Waals surface area contributed by atoms with Crippen molar-refractivity contribution in [2.24, 2.45) is 0 Å². The van der Waals surface area contributed by atoms with Crippen molar-refractivity contribution in [3.05, 3.63) is 33.6 Å². The maximum Gasteiger partial charge on any atom is 0.132 e. The van der Waals surface area contributed by atoms with Gasteiger partial charge in [0.1, 0.15) is 10.1 Å². The molecule has 0 aliphatic heterocycles. The van der Waals surface area contributed by atoms with Crippen LogP contribution in [-0.2, 0) is 0 Å². The van der Waals surface area contributed by atoms with E-state index >= 15 is 0 Å². The predicted octanol–water partition coefficient (Wildman–Crippen LogP) is 3.15. The van der Waals surface area contributed by atoms with Crippen molar-refractivity contribution in [1.82, 2.24) is 9.97 Å². The minimum absolute atomic E-state index is 0.779. The Kier molecular flexibility index (Phi) is 2.11. The highest BCUT2D eigenvalue weighted by atomic mass is 79.9. The van der Waals surface area contributed by atoms with Crippen LogP contribution in [0.1, 0.15) is 0 Å². The average Bonchev–Trinajstić information content (AvgIpc) is 2.12. The fraction of sp³-hybridized carbons (Fsp3) is 0. The molecule has 0 unspecified atom stereocenters. The number of hydrogen-bond donors (Lipinski definition) is 0. The zero-order valence-corrected chi connectivity index (χ0v) is 9.13. The summed E-state index contributed by atoms with van der Waals surface area (Å²) in [4.78, 5) is 8.32. The normalized spacial score (nSPS) is 10.5. The van der Waals surface area contributed by atoms with Crippen molar-refractivity contribution in [3.63, 3.8) is 0 Å². The molecule has 0 N–H and O–H groups in total. The van der Waals surface area contributed by atoms with Gasteiger partial charge in [0.15, 0.2) is 0 Å². The van der Waals surface area contributed by atoms with Gasteiger partial charge in [0.25, 0.3) is 0 Å². The second-order valence-electron chi connectivity index (χ2n) is 2.30. The van der Waals surface area contributed by atoms with E-state index in [-0.39, 0.29) is 0 Å². The molecule has 0 fully saturated rings. The number of aromatic nitrogens is 2. The average molecular weight is 288 g/mol. The summed E-state index contributed by atoms with van der Waals surface area (Å²) >= 11 is 6.74. The van der Waals surface area contributed by atoms with Gasteiger partial charge in [-0.25, -0.2) is 4.98 Å². The largest absolute Gasteiger partial charge is 0.253 e. The quantitative estimate of drug-likeness (QED) is 0.696. The molecular formula is C8H4Br2N2. The first kappa shape index (κ1) is 8.13. The first-order chi connectivity index (χ1) is 5.79. The molecule has 0 saturated carbocycles. The van der Waals surface area contributed by atoms with Crippen LogP contribution in [0.15, 0.2) is 33.6 Å². The van der Waals surface area contributed by atoms with Crippen LogP contribution in [0.2, 0.25) is 0 Å². The molecule has 4 heteroatoms. The fourth-order valence-electron chi connectivity index (χ4n) is 1.01. The summed E-state index contributed by atoms with van der Waals surface area (Å²) in [6.07, 6.45) is 3.51. The molecule has 2 heterocycles. The number of nitrogens with zero attached hydrogens (tertiary/aromatic N) is 2. The van der Waals surface area contributed by atoms with E-state index in [2.05, 4.69) is 41.8 Å². The van der Waals surface area contributed by atoms with Crippen molar-refractivity contribution in [1.29, 1.82) is 0 Å². The summed E-state index contributed by atoms with van der Waals surface area (Å²) in [6, 6.07) is 3.90. The first-order valence-corrected chi connectivity index (χ1v) is 4.92. The number of halogens is 2. The topological polar surface area (TPSA) is 25.8 Å². The van der Waals surface area contributed by atoms with Crippen molar-refractivity contribution >= 4 is 42.8 Å². The van der Waals surface area contributed by atoms with E-state index < -0.39 is 0 Å². The summed E-state index contributed by atoms with van der Waals surface area (Å²) in [5, 5.41) is 1.07. The van der Waals surface area contributed by atoms with Crippen LogP contribution in [0, 0.1) is 0 Å². The smallest absolute Gasteiger partial charge is 0.132 e. The maximum absolute atomic E-state index is 4.20. The van der Waals surface area contributed by atoms with Crippen LogP contribution in [0.3, 0.4) is 0 Å². The number of rotatable bonds is 0. The van der Waals surface area contributed by atoms with Gasteiger partial charge in [-0.3, -0.25) is 4.98 Å². The maximum atomic E-state index is 4.20. The zero-order valence-electron chi connectivity index (χ0n) is 5.96. The third-order valence-electron chi connectivity index (χ3n) is 1.55. The first-order valence-electron chi connectivity index (χ1n) is 3.34. The van der Waals surface area contributed by atoms with Crippen LogP contribution in [-0.4, -0.2) is 9.97 Å². The molecule has 0 aromatic carbocycles. The standard InChI is InChI=1S/C8H4Br2N2/c9-6-4-12-8(10)7-5(6)2-1-3-11-7/h1-4H. The molecule has 0 bridgehead atoms. The molecule has 2 nitrogen and oxygen atoms in total. The van der Waals surface area contributed by atoms with Crippen molar-refractivity contribution < 1.29 is 0 Å². The highest BCUT2D eigenvalue weighted by molar-refractivity contribution is 9.11. The summed E-state index contributed by atoms with van der Waals surface area (Å²) < 4.78 is 1.75. The molecule has 0 radical (unpaired) electrons. The lowest BCUT2D eigenvalue weighted by Gasteiger charge is -1.99. The minimum Gasteiger partial charge on any atom is -0.253 e. The van der Waals surface area contributed by atoms with Gasteiger partial charge in [-0.05, 0) is 44.0 Å². The van der Waals surface area contributed by atoms with Crippen LogP contribution < -0.4 is 0 Å². The Morgan fingerprint density at radius 2 is 2.00 bits per heavy atom. The molecule has 2 aromatic heterocycles. The van der Waals surface area contributed by atoms with Gasteiger partial charge in [0.2, 0.25) is 0 Å². The Bertz CT molecular complexity index is 388. The Hall–Kier alpha value is -0.480. The molecule has 0 spiro atoms. The molecule has 0 atom stereocenters. The van der Waals surface area contributed by atoms with Gasteiger partial charge in [-0.2, -0.15) is 0 Å². The van der Waals surface area contributed by atoms with Gasteiger partial charge < -0.3 is 0 Å². The number of hydrogen-bond acceptors (Lipinski definition) is 2.